The lowest BCUT2D eigenvalue weighted by Crippen LogP contribution is -2.44. The van der Waals surface area contributed by atoms with Crippen molar-refractivity contribution in [2.24, 2.45) is 11.1 Å². The van der Waals surface area contributed by atoms with Crippen LogP contribution < -0.4 is 5.73 Å². The minimum Gasteiger partial charge on any atom is -0.321 e. The molecule has 0 saturated heterocycles. The highest BCUT2D eigenvalue weighted by molar-refractivity contribution is 7.90. The number of Topliss-reactive ketones (excluding diaryl/α,β-unsaturated/α-hetero) is 1. The molecule has 2 N–H and O–H groups in total. The Morgan fingerprint density at radius 1 is 1.45 bits per heavy atom. The van der Waals surface area contributed by atoms with Gasteiger partial charge in [0.2, 0.25) is 0 Å². The molecule has 1 unspecified atom stereocenters. The first-order valence-corrected chi connectivity index (χ1v) is 8.39. The summed E-state index contributed by atoms with van der Waals surface area (Å²) in [5.74, 6) is -0.687. The second-order valence-electron chi connectivity index (χ2n) is 5.62. The van der Waals surface area contributed by atoms with Crippen molar-refractivity contribution in [1.29, 1.82) is 0 Å². The maximum Gasteiger partial charge on any atom is 0.156 e. The molecule has 1 heterocycles. The van der Waals surface area contributed by atoms with Crippen LogP contribution in [0.25, 0.3) is 0 Å². The van der Waals surface area contributed by atoms with Crippen LogP contribution >= 0.6 is 0 Å². The van der Waals surface area contributed by atoms with Gasteiger partial charge in [0, 0.05) is 17.8 Å². The monoisotopic (exact) mass is 298 g/mol. The number of sulfone groups is 1. The molecule has 20 heavy (non-hydrogen) atoms. The van der Waals surface area contributed by atoms with Crippen LogP contribution in [0.5, 0.6) is 0 Å². The van der Waals surface area contributed by atoms with Crippen LogP contribution in [0.1, 0.15) is 32.8 Å². The lowest BCUT2D eigenvalue weighted by atomic mass is 9.82. The van der Waals surface area contributed by atoms with Crippen LogP contribution in [0, 0.1) is 5.41 Å². The molecular formula is C14H22N2O3S. The number of nitrogens with two attached hydrogens (primary N) is 1. The highest BCUT2D eigenvalue weighted by Crippen LogP contribution is 2.22. The molecule has 0 aliphatic carbocycles. The van der Waals surface area contributed by atoms with Crippen LogP contribution in [-0.2, 0) is 20.4 Å². The summed E-state index contributed by atoms with van der Waals surface area (Å²) >= 11 is 0. The van der Waals surface area contributed by atoms with Gasteiger partial charge < -0.3 is 5.73 Å². The molecule has 0 aliphatic heterocycles. The number of pyridine rings is 1. The normalized spacial score (nSPS) is 14.0. The summed E-state index contributed by atoms with van der Waals surface area (Å²) in [6, 6.07) is 2.39. The fourth-order valence-electron chi connectivity index (χ4n) is 1.82. The summed E-state index contributed by atoms with van der Waals surface area (Å²) in [4.78, 5) is 16.0. The Morgan fingerprint density at radius 2 is 2.10 bits per heavy atom. The van der Waals surface area contributed by atoms with Gasteiger partial charge in [0.1, 0.15) is 0 Å². The quantitative estimate of drug-likeness (QED) is 0.820. The summed E-state index contributed by atoms with van der Waals surface area (Å²) in [6.07, 6.45) is 3.71. The van der Waals surface area contributed by atoms with E-state index in [1.54, 1.807) is 32.2 Å². The Bertz CT molecular complexity index is 553. The molecule has 0 amide bonds. The molecule has 0 aromatic carbocycles. The lowest BCUT2D eigenvalue weighted by Gasteiger charge is -2.24. The Hall–Kier alpha value is -1.27. The van der Waals surface area contributed by atoms with Crippen molar-refractivity contribution in [2.75, 3.05) is 5.75 Å². The number of rotatable bonds is 7. The van der Waals surface area contributed by atoms with E-state index in [-0.39, 0.29) is 17.3 Å². The van der Waals surface area contributed by atoms with Crippen molar-refractivity contribution >= 4 is 15.6 Å². The molecule has 1 aromatic rings. The number of hydrogen-bond acceptors (Lipinski definition) is 5. The second-order valence-corrected chi connectivity index (χ2v) is 7.73. The van der Waals surface area contributed by atoms with E-state index in [1.807, 2.05) is 6.92 Å². The predicted molar refractivity (Wildman–Crippen MR) is 78.8 cm³/mol. The molecule has 0 spiro atoms. The zero-order valence-electron chi connectivity index (χ0n) is 12.2. The number of nitrogens with zero attached hydrogens (tertiary/aromatic N) is 1. The Balaban J connectivity index is 2.74. The zero-order valence-corrected chi connectivity index (χ0v) is 13.0. The fourth-order valence-corrected chi connectivity index (χ4v) is 3.32. The standard InChI is InChI=1S/C14H22N2O3S/c1-4-14(2,3)13(17)12(15)10-20(18,19)9-11-6-5-7-16-8-11/h5-8,12H,4,9-10,15H2,1-3H3. The van der Waals surface area contributed by atoms with Crippen LogP contribution in [0.3, 0.4) is 0 Å². The lowest BCUT2D eigenvalue weighted by molar-refractivity contribution is -0.128. The topological polar surface area (TPSA) is 90.1 Å². The number of hydrogen-bond donors (Lipinski definition) is 1. The van der Waals surface area contributed by atoms with Gasteiger partial charge >= 0.3 is 0 Å². The highest BCUT2D eigenvalue weighted by Gasteiger charge is 2.32. The maximum atomic E-state index is 12.1. The van der Waals surface area contributed by atoms with Crippen LogP contribution in [-0.4, -0.2) is 31.0 Å². The van der Waals surface area contributed by atoms with E-state index in [4.69, 9.17) is 5.73 Å². The average molecular weight is 298 g/mol. The summed E-state index contributed by atoms with van der Waals surface area (Å²) in [5, 5.41) is 0. The minimum absolute atomic E-state index is 0.144. The van der Waals surface area contributed by atoms with Gasteiger partial charge in [0.15, 0.2) is 15.6 Å². The van der Waals surface area contributed by atoms with Crippen LogP contribution in [0.2, 0.25) is 0 Å². The first kappa shape index (κ1) is 16.8. The van der Waals surface area contributed by atoms with Gasteiger partial charge in [-0.25, -0.2) is 8.42 Å². The molecule has 1 rings (SSSR count). The molecule has 6 heteroatoms. The van der Waals surface area contributed by atoms with Crippen molar-refractivity contribution in [3.8, 4) is 0 Å². The Labute approximate surface area is 120 Å². The molecule has 5 nitrogen and oxygen atoms in total. The van der Waals surface area contributed by atoms with Crippen LogP contribution in [0.15, 0.2) is 24.5 Å². The first-order chi connectivity index (χ1) is 9.18. The molecule has 1 atom stereocenters. The van der Waals surface area contributed by atoms with Gasteiger partial charge in [-0.15, -0.1) is 0 Å². The predicted octanol–water partition coefficient (Wildman–Crippen LogP) is 1.33. The largest absolute Gasteiger partial charge is 0.321 e. The number of carbonyl (C=O) groups is 1. The summed E-state index contributed by atoms with van der Waals surface area (Å²) < 4.78 is 24.1. The van der Waals surface area contributed by atoms with Gasteiger partial charge in [-0.05, 0) is 18.1 Å². The van der Waals surface area contributed by atoms with E-state index >= 15 is 0 Å². The van der Waals surface area contributed by atoms with Crippen molar-refractivity contribution in [2.45, 2.75) is 39.0 Å². The van der Waals surface area contributed by atoms with Gasteiger partial charge in [-0.2, -0.15) is 0 Å². The Morgan fingerprint density at radius 3 is 2.60 bits per heavy atom. The molecule has 0 radical (unpaired) electrons. The van der Waals surface area contributed by atoms with Gasteiger partial charge in [-0.1, -0.05) is 26.8 Å². The number of aromatic nitrogens is 1. The molecule has 0 fully saturated rings. The average Bonchev–Trinajstić information content (AvgIpc) is 2.37. The summed E-state index contributed by atoms with van der Waals surface area (Å²) in [6.45, 7) is 5.45. The minimum atomic E-state index is -3.43. The molecule has 0 bridgehead atoms. The van der Waals surface area contributed by atoms with Crippen molar-refractivity contribution in [1.82, 2.24) is 4.98 Å². The molecule has 0 aliphatic rings. The third-order valence-electron chi connectivity index (χ3n) is 3.43. The maximum absolute atomic E-state index is 12.1. The third kappa shape index (κ3) is 4.68. The van der Waals surface area contributed by atoms with Crippen molar-refractivity contribution < 1.29 is 13.2 Å². The highest BCUT2D eigenvalue weighted by atomic mass is 32.2. The Kier molecular flexibility index (Phi) is 5.42. The molecular weight excluding hydrogens is 276 g/mol. The van der Waals surface area contributed by atoms with E-state index in [0.717, 1.165) is 0 Å². The first-order valence-electron chi connectivity index (χ1n) is 6.57. The van der Waals surface area contributed by atoms with Crippen molar-refractivity contribution in [3.63, 3.8) is 0 Å². The van der Waals surface area contributed by atoms with E-state index in [1.165, 1.54) is 6.20 Å². The van der Waals surface area contributed by atoms with Gasteiger partial charge in [-0.3, -0.25) is 9.78 Å². The second kappa shape index (κ2) is 6.45. The smallest absolute Gasteiger partial charge is 0.156 e. The molecule has 1 aromatic heterocycles. The van der Waals surface area contributed by atoms with Crippen molar-refractivity contribution in [3.05, 3.63) is 30.1 Å². The SMILES string of the molecule is CCC(C)(C)C(=O)C(N)CS(=O)(=O)Cc1cccnc1. The fraction of sp³-hybridized carbons (Fsp3) is 0.571. The summed E-state index contributed by atoms with van der Waals surface area (Å²) in [7, 11) is -3.43. The zero-order chi connectivity index (χ0) is 15.4. The van der Waals surface area contributed by atoms with Gasteiger partial charge in [0.25, 0.3) is 0 Å². The van der Waals surface area contributed by atoms with E-state index < -0.39 is 21.3 Å². The summed E-state index contributed by atoms with van der Waals surface area (Å²) in [5.41, 5.74) is 5.78. The van der Waals surface area contributed by atoms with E-state index in [9.17, 15) is 13.2 Å². The van der Waals surface area contributed by atoms with Crippen LogP contribution in [0.4, 0.5) is 0 Å². The molecule has 0 saturated carbocycles. The van der Waals surface area contributed by atoms with E-state index in [0.29, 0.717) is 12.0 Å². The third-order valence-corrected chi connectivity index (χ3v) is 5.07. The number of ketones is 1. The van der Waals surface area contributed by atoms with Gasteiger partial charge in [0.05, 0.1) is 17.5 Å². The van der Waals surface area contributed by atoms with E-state index in [2.05, 4.69) is 4.98 Å². The molecule has 112 valence electrons. The number of carbonyl (C=O) groups excluding carboxylic acids is 1.